The molecule has 0 spiro atoms. The highest BCUT2D eigenvalue weighted by Gasteiger charge is 2.28. The van der Waals surface area contributed by atoms with Crippen LogP contribution in [0.4, 0.5) is 0 Å². The molecular weight excluding hydrogens is 318 g/mol. The molecular formula is C20H25NO2S. The maximum atomic E-state index is 12.9. The van der Waals surface area contributed by atoms with E-state index in [1.54, 1.807) is 4.31 Å². The van der Waals surface area contributed by atoms with E-state index in [4.69, 9.17) is 0 Å². The van der Waals surface area contributed by atoms with Gasteiger partial charge >= 0.3 is 0 Å². The first-order valence-corrected chi connectivity index (χ1v) is 10.2. The Morgan fingerprint density at radius 3 is 2.58 bits per heavy atom. The van der Waals surface area contributed by atoms with Crippen LogP contribution in [0.1, 0.15) is 41.9 Å². The van der Waals surface area contributed by atoms with Gasteiger partial charge in [-0.15, -0.1) is 0 Å². The number of hydrogen-bond donors (Lipinski definition) is 0. The smallest absolute Gasteiger partial charge is 0.212 e. The summed E-state index contributed by atoms with van der Waals surface area (Å²) in [5.74, 6) is 0.386. The van der Waals surface area contributed by atoms with Gasteiger partial charge in [0.2, 0.25) is 10.0 Å². The largest absolute Gasteiger partial charge is 0.218 e. The van der Waals surface area contributed by atoms with Crippen LogP contribution in [0.25, 0.3) is 0 Å². The van der Waals surface area contributed by atoms with Gasteiger partial charge in [-0.1, -0.05) is 66.6 Å². The summed E-state index contributed by atoms with van der Waals surface area (Å²) in [7, 11) is -3.28. The minimum absolute atomic E-state index is 0.0934. The molecule has 1 fully saturated rings. The molecule has 0 N–H and O–H groups in total. The Kier molecular flexibility index (Phi) is 5.36. The summed E-state index contributed by atoms with van der Waals surface area (Å²) in [6, 6.07) is 18.1. The van der Waals surface area contributed by atoms with Crippen molar-refractivity contribution in [1.29, 1.82) is 0 Å². The van der Waals surface area contributed by atoms with E-state index in [2.05, 4.69) is 12.1 Å². The molecule has 128 valence electrons. The Labute approximate surface area is 145 Å². The Bertz CT molecular complexity index is 771. The number of nitrogens with zero attached hydrogens (tertiary/aromatic N) is 1. The maximum Gasteiger partial charge on any atom is 0.218 e. The van der Waals surface area contributed by atoms with Crippen LogP contribution in [0.3, 0.4) is 0 Å². The van der Waals surface area contributed by atoms with Crippen molar-refractivity contribution in [1.82, 2.24) is 4.31 Å². The van der Waals surface area contributed by atoms with Crippen molar-refractivity contribution in [2.75, 3.05) is 13.1 Å². The van der Waals surface area contributed by atoms with E-state index in [1.165, 1.54) is 5.56 Å². The van der Waals surface area contributed by atoms with Crippen molar-refractivity contribution in [2.24, 2.45) is 0 Å². The highest BCUT2D eigenvalue weighted by Crippen LogP contribution is 2.28. The van der Waals surface area contributed by atoms with Gasteiger partial charge in [-0.2, -0.15) is 0 Å². The number of benzene rings is 2. The summed E-state index contributed by atoms with van der Waals surface area (Å²) in [5.41, 5.74) is 3.21. The Morgan fingerprint density at radius 1 is 1.04 bits per heavy atom. The molecule has 0 aromatic heterocycles. The summed E-state index contributed by atoms with van der Waals surface area (Å²) in [6.07, 6.45) is 3.08. The van der Waals surface area contributed by atoms with Crippen molar-refractivity contribution >= 4 is 10.0 Å². The Morgan fingerprint density at radius 2 is 1.83 bits per heavy atom. The molecule has 3 nitrogen and oxygen atoms in total. The van der Waals surface area contributed by atoms with E-state index in [1.807, 2.05) is 49.4 Å². The zero-order valence-electron chi connectivity index (χ0n) is 14.2. The molecule has 0 aliphatic carbocycles. The van der Waals surface area contributed by atoms with Gasteiger partial charge in [0.25, 0.3) is 0 Å². The average Bonchev–Trinajstić information content (AvgIpc) is 2.82. The lowest BCUT2D eigenvalue weighted by Crippen LogP contribution is -2.35. The zero-order valence-corrected chi connectivity index (χ0v) is 15.0. The molecule has 0 radical (unpaired) electrons. The highest BCUT2D eigenvalue weighted by atomic mass is 32.2. The lowest BCUT2D eigenvalue weighted by molar-refractivity contribution is 0.405. The highest BCUT2D eigenvalue weighted by molar-refractivity contribution is 7.88. The molecule has 3 rings (SSSR count). The van der Waals surface area contributed by atoms with E-state index in [-0.39, 0.29) is 5.75 Å². The number of rotatable bonds is 4. The van der Waals surface area contributed by atoms with E-state index in [0.717, 1.165) is 30.4 Å². The molecule has 1 saturated heterocycles. The van der Waals surface area contributed by atoms with Crippen LogP contribution in [-0.4, -0.2) is 25.8 Å². The maximum absolute atomic E-state index is 12.9. The van der Waals surface area contributed by atoms with Crippen molar-refractivity contribution in [2.45, 2.75) is 37.9 Å². The molecule has 0 bridgehead atoms. The fourth-order valence-electron chi connectivity index (χ4n) is 3.46. The molecule has 24 heavy (non-hydrogen) atoms. The fraction of sp³-hybridized carbons (Fsp3) is 0.400. The van der Waals surface area contributed by atoms with Crippen LogP contribution >= 0.6 is 0 Å². The van der Waals surface area contributed by atoms with Crippen LogP contribution in [0.5, 0.6) is 0 Å². The van der Waals surface area contributed by atoms with Gasteiger partial charge in [-0.05, 0) is 36.8 Å². The quantitative estimate of drug-likeness (QED) is 0.838. The van der Waals surface area contributed by atoms with Gasteiger partial charge in [0.15, 0.2) is 0 Å². The summed E-state index contributed by atoms with van der Waals surface area (Å²) in [4.78, 5) is 0. The van der Waals surface area contributed by atoms with Gasteiger partial charge in [-0.3, -0.25) is 0 Å². The molecule has 0 saturated carbocycles. The van der Waals surface area contributed by atoms with Crippen LogP contribution < -0.4 is 0 Å². The second kappa shape index (κ2) is 7.49. The molecule has 1 atom stereocenters. The third kappa shape index (κ3) is 4.25. The molecule has 1 aliphatic heterocycles. The lowest BCUT2D eigenvalue weighted by Gasteiger charge is -2.24. The Balaban J connectivity index is 1.78. The van der Waals surface area contributed by atoms with Gasteiger partial charge in [0, 0.05) is 13.1 Å². The minimum atomic E-state index is -3.28. The van der Waals surface area contributed by atoms with Crippen LogP contribution in [0.15, 0.2) is 54.6 Å². The lowest BCUT2D eigenvalue weighted by atomic mass is 9.95. The number of aryl methyl sites for hydroxylation is 1. The molecule has 2 aromatic carbocycles. The fourth-order valence-corrected chi connectivity index (χ4v) is 5.06. The summed E-state index contributed by atoms with van der Waals surface area (Å²) in [5, 5.41) is 0. The summed E-state index contributed by atoms with van der Waals surface area (Å²) < 4.78 is 27.6. The molecule has 1 aliphatic rings. The summed E-state index contributed by atoms with van der Waals surface area (Å²) in [6.45, 7) is 3.23. The first kappa shape index (κ1) is 17.2. The zero-order chi connectivity index (χ0) is 17.0. The third-order valence-electron chi connectivity index (χ3n) is 4.73. The van der Waals surface area contributed by atoms with Crippen molar-refractivity contribution in [3.8, 4) is 0 Å². The van der Waals surface area contributed by atoms with Crippen LogP contribution in [0.2, 0.25) is 0 Å². The predicted octanol–water partition coefficient (Wildman–Crippen LogP) is 4.09. The topological polar surface area (TPSA) is 37.4 Å². The first-order chi connectivity index (χ1) is 11.5. The van der Waals surface area contributed by atoms with Crippen LogP contribution in [-0.2, 0) is 15.8 Å². The van der Waals surface area contributed by atoms with Crippen LogP contribution in [0, 0.1) is 6.92 Å². The predicted molar refractivity (Wildman–Crippen MR) is 98.4 cm³/mol. The number of hydrogen-bond acceptors (Lipinski definition) is 2. The van der Waals surface area contributed by atoms with Crippen molar-refractivity contribution in [3.05, 3.63) is 71.3 Å². The van der Waals surface area contributed by atoms with Crippen molar-refractivity contribution in [3.63, 3.8) is 0 Å². The molecule has 0 amide bonds. The van der Waals surface area contributed by atoms with Gasteiger partial charge < -0.3 is 0 Å². The number of sulfonamides is 1. The van der Waals surface area contributed by atoms with Gasteiger partial charge in [0.05, 0.1) is 5.75 Å². The van der Waals surface area contributed by atoms with E-state index in [9.17, 15) is 8.42 Å². The normalized spacial score (nSPS) is 19.8. The van der Waals surface area contributed by atoms with E-state index in [0.29, 0.717) is 19.0 Å². The van der Waals surface area contributed by atoms with Crippen molar-refractivity contribution < 1.29 is 8.42 Å². The molecule has 1 unspecified atom stereocenters. The SMILES string of the molecule is Cc1cccc(CS(=O)(=O)N2CCCCC(c3ccccc3)C2)c1. The van der Waals surface area contributed by atoms with Gasteiger partial charge in [0.1, 0.15) is 0 Å². The second-order valence-electron chi connectivity index (χ2n) is 6.71. The van der Waals surface area contributed by atoms with E-state index >= 15 is 0 Å². The second-order valence-corrected chi connectivity index (χ2v) is 8.68. The Hall–Kier alpha value is -1.65. The molecule has 2 aromatic rings. The third-order valence-corrected chi connectivity index (χ3v) is 6.55. The monoisotopic (exact) mass is 343 g/mol. The van der Waals surface area contributed by atoms with E-state index < -0.39 is 10.0 Å². The standard InChI is InChI=1S/C20H25NO2S/c1-17-8-7-9-18(14-17)16-24(22,23)21-13-6-5-12-20(15-21)19-10-3-2-4-11-19/h2-4,7-11,14,20H,5-6,12-13,15-16H2,1H3. The first-order valence-electron chi connectivity index (χ1n) is 8.63. The molecule has 4 heteroatoms. The average molecular weight is 343 g/mol. The summed E-state index contributed by atoms with van der Waals surface area (Å²) >= 11 is 0. The van der Waals surface area contributed by atoms with Gasteiger partial charge in [-0.25, -0.2) is 12.7 Å². The minimum Gasteiger partial charge on any atom is -0.212 e. The molecule has 1 heterocycles.